The van der Waals surface area contributed by atoms with Gasteiger partial charge in [0.1, 0.15) is 12.1 Å². The van der Waals surface area contributed by atoms with Crippen LogP contribution in [0.5, 0.6) is 0 Å². The Balaban J connectivity index is 2.12. The third kappa shape index (κ3) is 7.52. The van der Waals surface area contributed by atoms with Gasteiger partial charge in [0.05, 0.1) is 22.2 Å². The van der Waals surface area contributed by atoms with Crippen molar-refractivity contribution in [1.82, 2.24) is 10.6 Å². The lowest BCUT2D eigenvalue weighted by Gasteiger charge is -2.26. The first-order chi connectivity index (χ1) is 18.5. The largest absolute Gasteiger partial charge is 0.478 e. The van der Waals surface area contributed by atoms with Gasteiger partial charge < -0.3 is 31.9 Å². The van der Waals surface area contributed by atoms with E-state index in [2.05, 4.69) is 16.0 Å². The quantitative estimate of drug-likeness (QED) is 0.164. The highest BCUT2D eigenvalue weighted by Gasteiger charge is 2.31. The number of nitro groups is 1. The fraction of sp³-hybridized carbons (Fsp3) is 0.360. The average Bonchev–Trinajstić information content (AvgIpc) is 2.89. The van der Waals surface area contributed by atoms with Crippen LogP contribution in [-0.4, -0.2) is 63.6 Å². The number of carbonyl (C=O) groups is 4. The van der Waals surface area contributed by atoms with Crippen molar-refractivity contribution in [2.24, 2.45) is 5.73 Å². The number of thioether (sulfide) groups is 1. The highest BCUT2D eigenvalue weighted by atomic mass is 32.2. The Morgan fingerprint density at radius 1 is 1.15 bits per heavy atom. The van der Waals surface area contributed by atoms with Gasteiger partial charge in [-0.15, -0.1) is 11.8 Å². The smallest absolute Gasteiger partial charge is 0.335 e. The van der Waals surface area contributed by atoms with Crippen molar-refractivity contribution in [3.8, 4) is 0 Å². The van der Waals surface area contributed by atoms with Crippen LogP contribution in [0.1, 0.15) is 52.5 Å². The molecule has 0 aromatic heterocycles. The van der Waals surface area contributed by atoms with Gasteiger partial charge in [0, 0.05) is 28.5 Å². The Bertz CT molecular complexity index is 1290. The van der Waals surface area contributed by atoms with E-state index >= 15 is 0 Å². The van der Waals surface area contributed by atoms with E-state index < -0.39 is 46.8 Å². The number of rotatable bonds is 7. The number of aromatic carboxylic acids is 1. The van der Waals surface area contributed by atoms with Crippen molar-refractivity contribution in [3.63, 3.8) is 0 Å². The van der Waals surface area contributed by atoms with Crippen molar-refractivity contribution in [2.75, 3.05) is 11.9 Å². The van der Waals surface area contributed by atoms with Crippen LogP contribution < -0.4 is 21.7 Å². The molecule has 0 radical (unpaired) electrons. The Morgan fingerprint density at radius 2 is 1.90 bits per heavy atom. The van der Waals surface area contributed by atoms with Crippen molar-refractivity contribution >= 4 is 46.8 Å². The van der Waals surface area contributed by atoms with E-state index in [9.17, 15) is 39.5 Å². The van der Waals surface area contributed by atoms with E-state index in [4.69, 9.17) is 5.73 Å². The Hall–Kier alpha value is -4.01. The Morgan fingerprint density at radius 3 is 2.54 bits per heavy atom. The molecule has 0 bridgehead atoms. The third-order valence-corrected chi connectivity index (χ3v) is 7.17. The number of nitrogens with zero attached hydrogens (tertiary/aromatic N) is 1. The fourth-order valence-corrected chi connectivity index (χ4v) is 4.94. The zero-order valence-electron chi connectivity index (χ0n) is 21.0. The fourth-order valence-electron chi connectivity index (χ4n) is 3.91. The topological polar surface area (TPSA) is 214 Å². The number of unbranched alkanes of at least 4 members (excludes halogenated alkanes) is 1. The van der Waals surface area contributed by atoms with Gasteiger partial charge in [-0.25, -0.2) is 4.79 Å². The number of carbonyl (C=O) groups excluding carboxylic acids is 3. The van der Waals surface area contributed by atoms with E-state index in [0.29, 0.717) is 29.8 Å². The average molecular weight is 560 g/mol. The molecule has 3 amide bonds. The number of hydrogen-bond acceptors (Lipinski definition) is 9. The number of carboxylic acid groups (broad SMARTS) is 1. The maximum atomic E-state index is 13.3. The number of nitro benzene ring substituents is 1. The van der Waals surface area contributed by atoms with Gasteiger partial charge >= 0.3 is 5.97 Å². The Kier molecular flexibility index (Phi) is 9.98. The number of carboxylic acids is 1. The molecule has 39 heavy (non-hydrogen) atoms. The van der Waals surface area contributed by atoms with Crippen molar-refractivity contribution in [2.45, 2.75) is 55.0 Å². The molecule has 7 N–H and O–H groups in total. The highest BCUT2D eigenvalue weighted by molar-refractivity contribution is 7.98. The number of anilines is 1. The second-order valence-corrected chi connectivity index (χ2v) is 9.95. The molecule has 2 aromatic rings. The lowest BCUT2D eigenvalue weighted by atomic mass is 10.0. The first kappa shape index (κ1) is 29.5. The van der Waals surface area contributed by atoms with Crippen molar-refractivity contribution in [3.05, 3.63) is 63.2 Å². The lowest BCUT2D eigenvalue weighted by molar-refractivity contribution is -0.384. The van der Waals surface area contributed by atoms with Crippen LogP contribution in [0.15, 0.2) is 41.3 Å². The SMILES string of the molecule is C[C@@H](O)[C@@H]1NC(=O)[C@H](CCCCN)NC(=O)c2cc([N+](=O)[O-])ccc2SCc2ccc(C(=O)O)cc2NC1=O. The number of amides is 3. The molecule has 1 heterocycles. The molecule has 0 saturated carbocycles. The van der Waals surface area contributed by atoms with Gasteiger partial charge in [0.15, 0.2) is 0 Å². The minimum atomic E-state index is -1.43. The summed E-state index contributed by atoms with van der Waals surface area (Å²) >= 11 is 1.14. The summed E-state index contributed by atoms with van der Waals surface area (Å²) in [5, 5.41) is 38.8. The van der Waals surface area contributed by atoms with Crippen LogP contribution in [-0.2, 0) is 15.3 Å². The minimum Gasteiger partial charge on any atom is -0.478 e. The zero-order chi connectivity index (χ0) is 28.7. The van der Waals surface area contributed by atoms with Crippen LogP contribution in [0.25, 0.3) is 0 Å². The number of benzene rings is 2. The summed E-state index contributed by atoms with van der Waals surface area (Å²) in [5.41, 5.74) is 5.73. The van der Waals surface area contributed by atoms with E-state index in [1.165, 1.54) is 37.3 Å². The molecule has 3 rings (SSSR count). The molecule has 0 unspecified atom stereocenters. The monoisotopic (exact) mass is 559 g/mol. The third-order valence-electron chi connectivity index (χ3n) is 6.05. The maximum Gasteiger partial charge on any atom is 0.335 e. The summed E-state index contributed by atoms with van der Waals surface area (Å²) < 4.78 is 0. The summed E-state index contributed by atoms with van der Waals surface area (Å²) in [6.07, 6.45) is -0.167. The number of nitrogens with one attached hydrogen (secondary N) is 3. The molecule has 0 saturated heterocycles. The summed E-state index contributed by atoms with van der Waals surface area (Å²) in [5.74, 6) is -3.34. The molecule has 3 atom stereocenters. The second-order valence-electron chi connectivity index (χ2n) is 8.93. The molecule has 208 valence electrons. The van der Waals surface area contributed by atoms with Crippen LogP contribution in [0, 0.1) is 10.1 Å². The minimum absolute atomic E-state index is 0.0253. The maximum absolute atomic E-state index is 13.3. The van der Waals surface area contributed by atoms with Gasteiger partial charge in [0.25, 0.3) is 11.6 Å². The number of nitrogens with two attached hydrogens (primary N) is 1. The second kappa shape index (κ2) is 13.2. The number of aliphatic hydroxyl groups excluding tert-OH is 1. The number of non-ortho nitro benzene ring substituents is 1. The summed E-state index contributed by atoms with van der Waals surface area (Å²) in [7, 11) is 0. The molecule has 1 aliphatic heterocycles. The number of hydrogen-bond donors (Lipinski definition) is 6. The van der Waals surface area contributed by atoms with Gasteiger partial charge in [0.2, 0.25) is 11.8 Å². The first-order valence-corrected chi connectivity index (χ1v) is 13.1. The highest BCUT2D eigenvalue weighted by Crippen LogP contribution is 2.32. The van der Waals surface area contributed by atoms with Crippen molar-refractivity contribution < 1.29 is 34.3 Å². The molecular formula is C25H29N5O8S. The van der Waals surface area contributed by atoms with Crippen LogP contribution >= 0.6 is 11.8 Å². The van der Waals surface area contributed by atoms with E-state index in [-0.39, 0.29) is 34.7 Å². The molecule has 0 aliphatic carbocycles. The molecule has 13 nitrogen and oxygen atoms in total. The van der Waals surface area contributed by atoms with Crippen molar-refractivity contribution in [1.29, 1.82) is 0 Å². The van der Waals surface area contributed by atoms with Gasteiger partial charge in [-0.1, -0.05) is 6.07 Å². The lowest BCUT2D eigenvalue weighted by Crippen LogP contribution is -2.56. The summed E-state index contributed by atoms with van der Waals surface area (Å²) in [6.45, 7) is 1.65. The molecule has 2 aromatic carbocycles. The predicted octanol–water partition coefficient (Wildman–Crippen LogP) is 1.63. The van der Waals surface area contributed by atoms with E-state index in [0.717, 1.165) is 17.8 Å². The van der Waals surface area contributed by atoms with Gasteiger partial charge in [-0.05, 0) is 56.5 Å². The van der Waals surface area contributed by atoms with Crippen LogP contribution in [0.3, 0.4) is 0 Å². The number of aliphatic hydroxyl groups is 1. The molecule has 14 heteroatoms. The normalized spacial score (nSPS) is 18.9. The number of fused-ring (bicyclic) bond motifs is 2. The van der Waals surface area contributed by atoms with E-state index in [1.807, 2.05) is 0 Å². The molecule has 0 fully saturated rings. The zero-order valence-corrected chi connectivity index (χ0v) is 21.8. The molecule has 1 aliphatic rings. The standard InChI is InChI=1S/C25H29N5O8S/c1-13(31)21-24(34)28-19-10-14(25(35)36)5-6-15(19)12-39-20-8-7-16(30(37)38)11-17(20)22(32)27-18(23(33)29-21)4-2-3-9-26/h5-8,10-11,13,18,21,31H,2-4,9,12,26H2,1H3,(H,27,32)(H,28,34)(H,29,33)(H,35,36)/t13-,18+,21+/m1/s1. The predicted molar refractivity (Wildman–Crippen MR) is 142 cm³/mol. The van der Waals surface area contributed by atoms with Crippen LogP contribution in [0.4, 0.5) is 11.4 Å². The molecular weight excluding hydrogens is 530 g/mol. The summed E-state index contributed by atoms with van der Waals surface area (Å²) in [6, 6.07) is 5.31. The molecule has 0 spiro atoms. The van der Waals surface area contributed by atoms with Gasteiger partial charge in [-0.3, -0.25) is 24.5 Å². The van der Waals surface area contributed by atoms with Crippen LogP contribution in [0.2, 0.25) is 0 Å². The Labute approximate surface area is 227 Å². The summed E-state index contributed by atoms with van der Waals surface area (Å²) in [4.78, 5) is 62.4. The van der Waals surface area contributed by atoms with Gasteiger partial charge in [-0.2, -0.15) is 0 Å². The van der Waals surface area contributed by atoms with E-state index in [1.54, 1.807) is 0 Å². The first-order valence-electron chi connectivity index (χ1n) is 12.1.